The van der Waals surface area contributed by atoms with E-state index in [1.54, 1.807) is 18.2 Å². The number of hydrogen-bond acceptors (Lipinski definition) is 7. The van der Waals surface area contributed by atoms with Gasteiger partial charge in [0.1, 0.15) is 11.6 Å². The molecular formula is C19H16BrN5O5. The van der Waals surface area contributed by atoms with Crippen LogP contribution in [0.15, 0.2) is 50.8 Å². The number of non-ortho nitro benzene ring substituents is 1. The van der Waals surface area contributed by atoms with Gasteiger partial charge < -0.3 is 10.5 Å². The van der Waals surface area contributed by atoms with E-state index in [1.165, 1.54) is 24.4 Å². The van der Waals surface area contributed by atoms with E-state index in [1.807, 2.05) is 6.92 Å². The van der Waals surface area contributed by atoms with Gasteiger partial charge in [0, 0.05) is 28.6 Å². The molecule has 0 saturated carbocycles. The molecule has 11 heteroatoms. The van der Waals surface area contributed by atoms with Crippen LogP contribution >= 0.6 is 15.9 Å². The third-order valence-corrected chi connectivity index (χ3v) is 4.57. The number of aryl methyl sites for hydroxylation is 1. The van der Waals surface area contributed by atoms with Crippen LogP contribution < -0.4 is 16.0 Å². The molecule has 2 aromatic carbocycles. The van der Waals surface area contributed by atoms with Crippen molar-refractivity contribution >= 4 is 44.6 Å². The van der Waals surface area contributed by atoms with Gasteiger partial charge in [-0.2, -0.15) is 9.78 Å². The average Bonchev–Trinajstić information content (AvgIpc) is 2.71. The van der Waals surface area contributed by atoms with Gasteiger partial charge in [0.25, 0.3) is 17.2 Å². The number of hydrogen-bond donors (Lipinski definition) is 1. The highest BCUT2D eigenvalue weighted by Gasteiger charge is 2.13. The fraction of sp³-hybridized carbons (Fsp3) is 0.158. The first-order valence-electron chi connectivity index (χ1n) is 8.75. The number of nitrogens with zero attached hydrogens (tertiary/aromatic N) is 4. The van der Waals surface area contributed by atoms with Crippen LogP contribution in [-0.2, 0) is 11.2 Å². The normalized spacial score (nSPS) is 11.1. The van der Waals surface area contributed by atoms with Gasteiger partial charge in [-0.05, 0) is 24.3 Å². The summed E-state index contributed by atoms with van der Waals surface area (Å²) in [4.78, 5) is 39.0. The van der Waals surface area contributed by atoms with E-state index in [-0.39, 0.29) is 22.6 Å². The highest BCUT2D eigenvalue weighted by atomic mass is 79.9. The predicted molar refractivity (Wildman–Crippen MR) is 114 cm³/mol. The summed E-state index contributed by atoms with van der Waals surface area (Å²) >= 11 is 3.33. The molecule has 0 bridgehead atoms. The third kappa shape index (κ3) is 4.51. The Bertz CT molecular complexity index is 1240. The Kier molecular flexibility index (Phi) is 6.21. The van der Waals surface area contributed by atoms with Crippen molar-refractivity contribution in [2.75, 3.05) is 6.61 Å². The van der Waals surface area contributed by atoms with Crippen molar-refractivity contribution in [1.82, 2.24) is 9.66 Å². The molecule has 0 spiro atoms. The summed E-state index contributed by atoms with van der Waals surface area (Å²) in [6, 6.07) is 8.94. The SMILES string of the molecule is CCc1nc2ccc(Br)cc2c(=O)n1N=Cc1cc([N+](=O)[O-])ccc1OCC(N)=O. The lowest BCUT2D eigenvalue weighted by atomic mass is 10.2. The van der Waals surface area contributed by atoms with Gasteiger partial charge in [-0.3, -0.25) is 19.7 Å². The molecule has 0 atom stereocenters. The highest BCUT2D eigenvalue weighted by molar-refractivity contribution is 9.10. The van der Waals surface area contributed by atoms with Crippen molar-refractivity contribution in [3.63, 3.8) is 0 Å². The minimum atomic E-state index is -0.704. The maximum absolute atomic E-state index is 12.9. The molecule has 0 radical (unpaired) electrons. The van der Waals surface area contributed by atoms with Gasteiger partial charge in [0.05, 0.1) is 22.0 Å². The summed E-state index contributed by atoms with van der Waals surface area (Å²) < 4.78 is 7.14. The van der Waals surface area contributed by atoms with Crippen molar-refractivity contribution in [2.24, 2.45) is 10.8 Å². The fourth-order valence-electron chi connectivity index (χ4n) is 2.69. The molecule has 0 aliphatic rings. The number of benzene rings is 2. The van der Waals surface area contributed by atoms with Gasteiger partial charge in [0.15, 0.2) is 6.61 Å². The zero-order valence-corrected chi connectivity index (χ0v) is 17.3. The molecule has 3 aromatic rings. The van der Waals surface area contributed by atoms with Crippen molar-refractivity contribution in [3.8, 4) is 5.75 Å². The molecule has 2 N–H and O–H groups in total. The average molecular weight is 474 g/mol. The topological polar surface area (TPSA) is 143 Å². The number of amides is 1. The van der Waals surface area contributed by atoms with Gasteiger partial charge in [-0.1, -0.05) is 22.9 Å². The first kappa shape index (κ1) is 21.1. The molecule has 0 fully saturated rings. The molecule has 10 nitrogen and oxygen atoms in total. The fourth-order valence-corrected chi connectivity index (χ4v) is 3.05. The molecule has 0 unspecified atom stereocenters. The molecular weight excluding hydrogens is 458 g/mol. The molecule has 1 aromatic heterocycles. The Morgan fingerprint density at radius 2 is 2.13 bits per heavy atom. The van der Waals surface area contributed by atoms with Crippen molar-refractivity contribution in [1.29, 1.82) is 0 Å². The number of nitro benzene ring substituents is 1. The summed E-state index contributed by atoms with van der Waals surface area (Å²) in [5.41, 5.74) is 5.24. The molecule has 30 heavy (non-hydrogen) atoms. The van der Waals surface area contributed by atoms with Gasteiger partial charge >= 0.3 is 0 Å². The lowest BCUT2D eigenvalue weighted by Gasteiger charge is -2.09. The van der Waals surface area contributed by atoms with Crippen molar-refractivity contribution in [3.05, 3.63) is 72.7 Å². The van der Waals surface area contributed by atoms with Crippen molar-refractivity contribution < 1.29 is 14.5 Å². The quantitative estimate of drug-likeness (QED) is 0.317. The number of rotatable bonds is 7. The van der Waals surface area contributed by atoms with Gasteiger partial charge in [0.2, 0.25) is 0 Å². The van der Waals surface area contributed by atoms with E-state index < -0.39 is 17.4 Å². The molecule has 0 aliphatic carbocycles. The first-order chi connectivity index (χ1) is 14.3. The zero-order chi connectivity index (χ0) is 21.8. The maximum atomic E-state index is 12.9. The van der Waals surface area contributed by atoms with Gasteiger partial charge in [-0.25, -0.2) is 4.98 Å². The highest BCUT2D eigenvalue weighted by Crippen LogP contribution is 2.23. The molecule has 1 heterocycles. The number of fused-ring (bicyclic) bond motifs is 1. The monoisotopic (exact) mass is 473 g/mol. The van der Waals surface area contributed by atoms with E-state index in [9.17, 15) is 19.7 Å². The summed E-state index contributed by atoms with van der Waals surface area (Å²) in [7, 11) is 0. The molecule has 154 valence electrons. The summed E-state index contributed by atoms with van der Waals surface area (Å²) in [5.74, 6) is -0.133. The van der Waals surface area contributed by atoms with E-state index in [4.69, 9.17) is 10.5 Å². The van der Waals surface area contributed by atoms with Crippen LogP contribution in [0, 0.1) is 10.1 Å². The van der Waals surface area contributed by atoms with Crippen LogP contribution in [0.2, 0.25) is 0 Å². The summed E-state index contributed by atoms with van der Waals surface area (Å²) in [6.07, 6.45) is 1.67. The number of ether oxygens (including phenoxy) is 1. The molecule has 1 amide bonds. The minimum Gasteiger partial charge on any atom is -0.483 e. The second-order valence-electron chi connectivity index (χ2n) is 6.14. The Balaban J connectivity index is 2.12. The van der Waals surface area contributed by atoms with Crippen LogP contribution in [0.1, 0.15) is 18.3 Å². The van der Waals surface area contributed by atoms with Crippen LogP contribution in [0.3, 0.4) is 0 Å². The number of primary amides is 1. The number of nitrogens with two attached hydrogens (primary N) is 1. The maximum Gasteiger partial charge on any atom is 0.282 e. The summed E-state index contributed by atoms with van der Waals surface area (Å²) in [6.45, 7) is 1.41. The number of nitro groups is 1. The van der Waals surface area contributed by atoms with Gasteiger partial charge in [-0.15, -0.1) is 0 Å². The standard InChI is InChI=1S/C19H16BrN5O5/c1-2-18-23-15-5-3-12(20)8-14(15)19(27)24(18)22-9-11-7-13(25(28)29)4-6-16(11)30-10-17(21)26/h3-9H,2,10H2,1H3,(H2,21,26). The Morgan fingerprint density at radius 3 is 2.80 bits per heavy atom. The van der Waals surface area contributed by atoms with Crippen LogP contribution in [-0.4, -0.2) is 33.3 Å². The molecule has 3 rings (SSSR count). The van der Waals surface area contributed by atoms with Crippen LogP contribution in [0.4, 0.5) is 5.69 Å². The van der Waals surface area contributed by atoms with E-state index in [0.717, 1.165) is 9.15 Å². The molecule has 0 saturated heterocycles. The predicted octanol–water partition coefficient (Wildman–Crippen LogP) is 2.38. The first-order valence-corrected chi connectivity index (χ1v) is 9.54. The number of halogens is 1. The smallest absolute Gasteiger partial charge is 0.282 e. The second-order valence-corrected chi connectivity index (χ2v) is 7.05. The lowest BCUT2D eigenvalue weighted by Crippen LogP contribution is -2.22. The third-order valence-electron chi connectivity index (χ3n) is 4.08. The Labute approximate surface area is 178 Å². The molecule has 0 aliphatic heterocycles. The minimum absolute atomic E-state index is 0.158. The van der Waals surface area contributed by atoms with Crippen LogP contribution in [0.5, 0.6) is 5.75 Å². The van der Waals surface area contributed by atoms with Crippen LogP contribution in [0.25, 0.3) is 10.9 Å². The van der Waals surface area contributed by atoms with E-state index in [0.29, 0.717) is 23.1 Å². The number of aromatic nitrogens is 2. The lowest BCUT2D eigenvalue weighted by molar-refractivity contribution is -0.384. The van der Waals surface area contributed by atoms with E-state index >= 15 is 0 Å². The van der Waals surface area contributed by atoms with E-state index in [2.05, 4.69) is 26.0 Å². The largest absolute Gasteiger partial charge is 0.483 e. The van der Waals surface area contributed by atoms with Crippen molar-refractivity contribution in [2.45, 2.75) is 13.3 Å². The number of carbonyl (C=O) groups excluding carboxylic acids is 1. The zero-order valence-electron chi connectivity index (χ0n) is 15.7. The second kappa shape index (κ2) is 8.82. The Morgan fingerprint density at radius 1 is 1.37 bits per heavy atom. The number of carbonyl (C=O) groups is 1. The summed E-state index contributed by atoms with van der Waals surface area (Å²) in [5, 5.41) is 15.7. The Hall–Kier alpha value is -3.60.